The molecule has 25 heavy (non-hydrogen) atoms. The first-order valence-electron chi connectivity index (χ1n) is 7.38. The van der Waals surface area contributed by atoms with Gasteiger partial charge in [0, 0.05) is 18.7 Å². The summed E-state index contributed by atoms with van der Waals surface area (Å²) in [5.74, 6) is -1.01. The number of carbonyl (C=O) groups excluding carboxylic acids is 1. The van der Waals surface area contributed by atoms with Crippen LogP contribution in [0, 0.1) is 0 Å². The maximum Gasteiger partial charge on any atom is 0.325 e. The molecular weight excluding hydrogens is 348 g/mol. The van der Waals surface area contributed by atoms with Crippen LogP contribution in [0.1, 0.15) is 12.0 Å². The highest BCUT2D eigenvalue weighted by Gasteiger charge is 2.11. The topological polar surface area (TPSA) is 130 Å². The van der Waals surface area contributed by atoms with Gasteiger partial charge >= 0.3 is 5.97 Å². The third-order valence-corrected chi connectivity index (χ3v) is 4.78. The number of carboxylic acids is 1. The summed E-state index contributed by atoms with van der Waals surface area (Å²) in [4.78, 5) is 22.6. The Morgan fingerprint density at radius 2 is 1.88 bits per heavy atom. The minimum Gasteiger partial charge on any atom is -0.480 e. The van der Waals surface area contributed by atoms with Gasteiger partial charge in [-0.05, 0) is 31.2 Å². The molecule has 0 aliphatic carbocycles. The van der Waals surface area contributed by atoms with E-state index in [-0.39, 0.29) is 29.6 Å². The summed E-state index contributed by atoms with van der Waals surface area (Å²) in [6.45, 7) is -0.280. The molecule has 1 amide bonds. The molecular formula is C15H18N4O5S. The van der Waals surface area contributed by atoms with E-state index >= 15 is 0 Å². The van der Waals surface area contributed by atoms with Crippen molar-refractivity contribution in [1.82, 2.24) is 14.5 Å². The van der Waals surface area contributed by atoms with E-state index in [1.165, 1.54) is 36.1 Å². The van der Waals surface area contributed by atoms with E-state index in [1.54, 1.807) is 12.1 Å². The van der Waals surface area contributed by atoms with E-state index in [9.17, 15) is 18.0 Å². The van der Waals surface area contributed by atoms with E-state index in [0.717, 1.165) is 5.56 Å². The van der Waals surface area contributed by atoms with Crippen LogP contribution in [0.3, 0.4) is 0 Å². The van der Waals surface area contributed by atoms with Crippen molar-refractivity contribution < 1.29 is 23.1 Å². The summed E-state index contributed by atoms with van der Waals surface area (Å²) in [5, 5.41) is 15.2. The van der Waals surface area contributed by atoms with Crippen LogP contribution in [0.2, 0.25) is 0 Å². The van der Waals surface area contributed by atoms with Crippen LogP contribution in [-0.2, 0) is 32.6 Å². The molecule has 1 heterocycles. The first-order valence-corrected chi connectivity index (χ1v) is 8.86. The summed E-state index contributed by atoms with van der Waals surface area (Å²) in [6, 6.07) is 7.77. The number of hydrogen-bond donors (Lipinski definition) is 3. The molecule has 0 saturated heterocycles. The highest BCUT2D eigenvalue weighted by Crippen LogP contribution is 2.12. The zero-order chi connectivity index (χ0) is 18.4. The van der Waals surface area contributed by atoms with Crippen molar-refractivity contribution in [2.45, 2.75) is 24.3 Å². The van der Waals surface area contributed by atoms with Crippen molar-refractivity contribution in [3.63, 3.8) is 0 Å². The van der Waals surface area contributed by atoms with E-state index in [1.807, 2.05) is 0 Å². The van der Waals surface area contributed by atoms with Crippen LogP contribution in [0.25, 0.3) is 0 Å². The molecule has 134 valence electrons. The number of aromatic nitrogens is 2. The molecule has 0 aliphatic heterocycles. The van der Waals surface area contributed by atoms with Crippen LogP contribution in [0.15, 0.2) is 41.4 Å². The summed E-state index contributed by atoms with van der Waals surface area (Å²) in [5.41, 5.74) is 0.821. The maximum atomic E-state index is 11.9. The summed E-state index contributed by atoms with van der Waals surface area (Å²) < 4.78 is 26.7. The van der Waals surface area contributed by atoms with E-state index < -0.39 is 16.0 Å². The average Bonchev–Trinajstić information content (AvgIpc) is 2.99. The molecule has 0 saturated carbocycles. The number of benzene rings is 1. The number of sulfonamides is 1. The lowest BCUT2D eigenvalue weighted by Crippen LogP contribution is -2.18. The standard InChI is InChI=1S/C15H18N4O5S/c1-16-25(23,24)12-5-2-11(3-6-12)4-7-14(20)17-13-8-9-19(18-13)10-15(21)22/h2-3,5-6,8-9,16H,4,7,10H2,1H3,(H,21,22)(H,17,18,20). The van der Waals surface area contributed by atoms with Gasteiger partial charge in [0.25, 0.3) is 0 Å². The predicted octanol–water partition coefficient (Wildman–Crippen LogP) is 0.447. The fourth-order valence-corrected chi connectivity index (χ4v) is 2.80. The lowest BCUT2D eigenvalue weighted by atomic mass is 10.1. The number of carbonyl (C=O) groups is 2. The van der Waals surface area contributed by atoms with Crippen LogP contribution >= 0.6 is 0 Å². The van der Waals surface area contributed by atoms with E-state index in [2.05, 4.69) is 15.1 Å². The number of aryl methyl sites for hydroxylation is 1. The molecule has 0 radical (unpaired) electrons. The minimum atomic E-state index is -3.47. The molecule has 0 spiro atoms. The molecule has 1 aromatic carbocycles. The fraction of sp³-hybridized carbons (Fsp3) is 0.267. The Hall–Kier alpha value is -2.72. The molecule has 0 aliphatic rings. The Morgan fingerprint density at radius 3 is 2.48 bits per heavy atom. The fourth-order valence-electron chi connectivity index (χ4n) is 2.07. The number of carboxylic acid groups (broad SMARTS) is 1. The van der Waals surface area contributed by atoms with Gasteiger partial charge in [0.15, 0.2) is 5.82 Å². The van der Waals surface area contributed by atoms with Gasteiger partial charge in [-0.1, -0.05) is 12.1 Å². The zero-order valence-corrected chi connectivity index (χ0v) is 14.3. The molecule has 2 rings (SSSR count). The Labute approximate surface area is 144 Å². The molecule has 9 nitrogen and oxygen atoms in total. The largest absolute Gasteiger partial charge is 0.480 e. The Balaban J connectivity index is 1.87. The molecule has 0 bridgehead atoms. The van der Waals surface area contributed by atoms with Crippen LogP contribution in [0.5, 0.6) is 0 Å². The molecule has 0 fully saturated rings. The van der Waals surface area contributed by atoms with Gasteiger partial charge in [-0.25, -0.2) is 13.1 Å². The highest BCUT2D eigenvalue weighted by molar-refractivity contribution is 7.89. The average molecular weight is 366 g/mol. The quantitative estimate of drug-likeness (QED) is 0.622. The van der Waals surface area contributed by atoms with Crippen molar-refractivity contribution in [2.75, 3.05) is 12.4 Å². The van der Waals surface area contributed by atoms with Gasteiger partial charge in [-0.2, -0.15) is 5.10 Å². The van der Waals surface area contributed by atoms with Crippen molar-refractivity contribution >= 4 is 27.7 Å². The summed E-state index contributed by atoms with van der Waals surface area (Å²) >= 11 is 0. The SMILES string of the molecule is CNS(=O)(=O)c1ccc(CCC(=O)Nc2ccn(CC(=O)O)n2)cc1. The van der Waals surface area contributed by atoms with Gasteiger partial charge < -0.3 is 10.4 Å². The first kappa shape index (κ1) is 18.6. The lowest BCUT2D eigenvalue weighted by molar-refractivity contribution is -0.137. The van der Waals surface area contributed by atoms with Crippen molar-refractivity contribution in [2.24, 2.45) is 0 Å². The van der Waals surface area contributed by atoms with Gasteiger partial charge in [0.1, 0.15) is 6.54 Å². The number of aliphatic carboxylic acids is 1. The second-order valence-electron chi connectivity index (χ2n) is 5.19. The molecule has 1 aromatic heterocycles. The molecule has 10 heteroatoms. The minimum absolute atomic E-state index is 0.159. The van der Waals surface area contributed by atoms with Crippen LogP contribution < -0.4 is 10.0 Å². The van der Waals surface area contributed by atoms with Crippen LogP contribution in [-0.4, -0.2) is 42.2 Å². The second-order valence-corrected chi connectivity index (χ2v) is 7.08. The maximum absolute atomic E-state index is 11.9. The third-order valence-electron chi connectivity index (χ3n) is 3.35. The smallest absolute Gasteiger partial charge is 0.325 e. The Bertz CT molecular complexity index is 858. The van der Waals surface area contributed by atoms with Crippen molar-refractivity contribution in [3.05, 3.63) is 42.1 Å². The van der Waals surface area contributed by atoms with E-state index in [0.29, 0.717) is 6.42 Å². The van der Waals surface area contributed by atoms with Gasteiger partial charge in [-0.3, -0.25) is 14.3 Å². The second kappa shape index (κ2) is 7.90. The molecule has 2 aromatic rings. The molecule has 0 atom stereocenters. The van der Waals surface area contributed by atoms with Gasteiger partial charge in [-0.15, -0.1) is 0 Å². The van der Waals surface area contributed by atoms with Crippen molar-refractivity contribution in [3.8, 4) is 0 Å². The van der Waals surface area contributed by atoms with E-state index in [4.69, 9.17) is 5.11 Å². The number of hydrogen-bond acceptors (Lipinski definition) is 5. The first-order chi connectivity index (χ1) is 11.8. The highest BCUT2D eigenvalue weighted by atomic mass is 32.2. The number of nitrogens with one attached hydrogen (secondary N) is 2. The summed E-state index contributed by atoms with van der Waals surface area (Å²) in [6.07, 6.45) is 2.08. The lowest BCUT2D eigenvalue weighted by Gasteiger charge is -2.05. The number of rotatable bonds is 8. The van der Waals surface area contributed by atoms with Crippen LogP contribution in [0.4, 0.5) is 5.82 Å². The normalized spacial score (nSPS) is 11.2. The molecule has 0 unspecified atom stereocenters. The number of amides is 1. The van der Waals surface area contributed by atoms with Gasteiger partial charge in [0.2, 0.25) is 15.9 Å². The van der Waals surface area contributed by atoms with Crippen molar-refractivity contribution in [1.29, 1.82) is 0 Å². The van der Waals surface area contributed by atoms with Gasteiger partial charge in [0.05, 0.1) is 4.90 Å². The third kappa shape index (κ3) is 5.40. The molecule has 3 N–H and O–H groups in total. The monoisotopic (exact) mass is 366 g/mol. The Kier molecular flexibility index (Phi) is 5.88. The number of nitrogens with zero attached hydrogens (tertiary/aromatic N) is 2. The number of anilines is 1. The summed E-state index contributed by atoms with van der Waals surface area (Å²) in [7, 11) is -2.14. The predicted molar refractivity (Wildman–Crippen MR) is 89.5 cm³/mol. The zero-order valence-electron chi connectivity index (χ0n) is 13.5. The Morgan fingerprint density at radius 1 is 1.20 bits per heavy atom.